The first-order chi connectivity index (χ1) is 12.2. The largest absolute Gasteiger partial charge is 0.469 e. The van der Waals surface area contributed by atoms with Gasteiger partial charge in [0.25, 0.3) is 11.1 Å². The predicted octanol–water partition coefficient (Wildman–Crippen LogP) is 3.48. The summed E-state index contributed by atoms with van der Waals surface area (Å²) in [4.78, 5) is 11.9. The van der Waals surface area contributed by atoms with Crippen LogP contribution in [0.4, 0.5) is 0 Å². The molecule has 0 atom stereocenters. The molecule has 3 rings (SSSR count). The van der Waals surface area contributed by atoms with Gasteiger partial charge in [0.15, 0.2) is 0 Å². The Balaban J connectivity index is 1.37. The number of nitrogens with zero attached hydrogens (tertiary/aromatic N) is 2. The highest BCUT2D eigenvalue weighted by Gasteiger charge is 2.13. The lowest BCUT2D eigenvalue weighted by molar-refractivity contribution is -0.120. The molecule has 0 unspecified atom stereocenters. The number of hydrogen-bond donors (Lipinski definition) is 1. The summed E-state index contributed by atoms with van der Waals surface area (Å²) >= 11 is 1.37. The Morgan fingerprint density at radius 2 is 2.04 bits per heavy atom. The molecule has 1 N–H and O–H groups in total. The number of aryl methyl sites for hydroxylation is 1. The summed E-state index contributed by atoms with van der Waals surface area (Å²) in [6.07, 6.45) is 2.82. The summed E-state index contributed by atoms with van der Waals surface area (Å²) < 4.78 is 10.8. The van der Waals surface area contributed by atoms with Gasteiger partial charge < -0.3 is 14.2 Å². The maximum absolute atomic E-state index is 11.9. The first-order valence-corrected chi connectivity index (χ1v) is 9.02. The van der Waals surface area contributed by atoms with E-state index in [4.69, 9.17) is 8.83 Å². The average Bonchev–Trinajstić information content (AvgIpc) is 3.24. The molecule has 0 fully saturated rings. The minimum Gasteiger partial charge on any atom is -0.469 e. The zero-order valence-corrected chi connectivity index (χ0v) is 14.7. The van der Waals surface area contributed by atoms with E-state index in [1.807, 2.05) is 25.1 Å². The second-order valence-corrected chi connectivity index (χ2v) is 6.49. The van der Waals surface area contributed by atoms with E-state index in [0.29, 0.717) is 29.8 Å². The molecular weight excluding hydrogens is 338 g/mol. The lowest BCUT2D eigenvalue weighted by atomic mass is 10.1. The first kappa shape index (κ1) is 17.3. The molecule has 0 bridgehead atoms. The van der Waals surface area contributed by atoms with Gasteiger partial charge in [-0.1, -0.05) is 42.1 Å². The van der Waals surface area contributed by atoms with Crippen LogP contribution in [0.1, 0.15) is 17.7 Å². The molecule has 25 heavy (non-hydrogen) atoms. The third-order valence-electron chi connectivity index (χ3n) is 3.63. The minimum atomic E-state index is 0.0221. The van der Waals surface area contributed by atoms with Crippen LogP contribution in [-0.4, -0.2) is 28.4 Å². The molecule has 0 aliphatic heterocycles. The van der Waals surface area contributed by atoms with Crippen molar-refractivity contribution in [3.05, 3.63) is 54.0 Å². The number of nitrogens with one attached hydrogen (secondary N) is 1. The maximum atomic E-state index is 11.9. The number of hydrogen-bond acceptors (Lipinski definition) is 6. The molecule has 0 aliphatic rings. The average molecular weight is 357 g/mol. The summed E-state index contributed by atoms with van der Waals surface area (Å²) in [5.74, 6) is 1.77. The van der Waals surface area contributed by atoms with Gasteiger partial charge in [0.2, 0.25) is 5.91 Å². The fraction of sp³-hybridized carbons (Fsp3) is 0.278. The van der Waals surface area contributed by atoms with Gasteiger partial charge in [0, 0.05) is 18.7 Å². The molecule has 0 aliphatic carbocycles. The summed E-state index contributed by atoms with van der Waals surface area (Å²) in [6.45, 7) is 2.48. The Labute approximate surface area is 150 Å². The van der Waals surface area contributed by atoms with Crippen LogP contribution >= 0.6 is 11.8 Å². The fourth-order valence-corrected chi connectivity index (χ4v) is 2.99. The molecule has 2 aromatic heterocycles. The molecule has 7 heteroatoms. The zero-order chi connectivity index (χ0) is 17.5. The fourth-order valence-electron chi connectivity index (χ4n) is 2.29. The van der Waals surface area contributed by atoms with Gasteiger partial charge in [0.1, 0.15) is 5.76 Å². The van der Waals surface area contributed by atoms with Gasteiger partial charge >= 0.3 is 0 Å². The Morgan fingerprint density at radius 1 is 1.20 bits per heavy atom. The Morgan fingerprint density at radius 3 is 2.80 bits per heavy atom. The number of rotatable bonds is 8. The van der Waals surface area contributed by atoms with Crippen molar-refractivity contribution in [2.45, 2.75) is 25.0 Å². The number of amides is 1. The van der Waals surface area contributed by atoms with E-state index < -0.39 is 0 Å². The van der Waals surface area contributed by atoms with Crippen LogP contribution in [0.15, 0.2) is 56.7 Å². The zero-order valence-electron chi connectivity index (χ0n) is 13.9. The molecular formula is C18H19N3O3S. The quantitative estimate of drug-likeness (QED) is 0.622. The van der Waals surface area contributed by atoms with E-state index in [-0.39, 0.29) is 5.91 Å². The molecule has 0 spiro atoms. The molecule has 0 radical (unpaired) electrons. The highest BCUT2D eigenvalue weighted by atomic mass is 32.2. The molecule has 2 heterocycles. The number of thioether (sulfide) groups is 1. The van der Waals surface area contributed by atoms with E-state index in [0.717, 1.165) is 17.7 Å². The standard InChI is InChI=1S/C18H19N3O3S/c1-13-15(8-11-23-13)17-20-21-18(24-17)25-12-9-16(22)19-10-7-14-5-3-2-4-6-14/h2-6,8,11H,7,9-10,12H2,1H3,(H,19,22). The topological polar surface area (TPSA) is 81.2 Å². The van der Waals surface area contributed by atoms with E-state index in [2.05, 4.69) is 27.6 Å². The van der Waals surface area contributed by atoms with Crippen LogP contribution in [-0.2, 0) is 11.2 Å². The third kappa shape index (κ3) is 4.96. The van der Waals surface area contributed by atoms with E-state index >= 15 is 0 Å². The molecule has 0 saturated carbocycles. The Hall–Kier alpha value is -2.54. The number of benzene rings is 1. The van der Waals surface area contributed by atoms with Crippen molar-refractivity contribution in [2.24, 2.45) is 0 Å². The van der Waals surface area contributed by atoms with Gasteiger partial charge in [-0.2, -0.15) is 0 Å². The lowest BCUT2D eigenvalue weighted by Crippen LogP contribution is -2.25. The van der Waals surface area contributed by atoms with Gasteiger partial charge in [-0.3, -0.25) is 4.79 Å². The second kappa shape index (κ2) is 8.53. The highest BCUT2D eigenvalue weighted by Crippen LogP contribution is 2.26. The molecule has 1 aromatic carbocycles. The molecule has 130 valence electrons. The van der Waals surface area contributed by atoms with Gasteiger partial charge in [-0.25, -0.2) is 0 Å². The van der Waals surface area contributed by atoms with Gasteiger partial charge in [-0.15, -0.1) is 10.2 Å². The van der Waals surface area contributed by atoms with Crippen molar-refractivity contribution < 1.29 is 13.6 Å². The number of carbonyl (C=O) groups excluding carboxylic acids is 1. The summed E-state index contributed by atoms with van der Waals surface area (Å²) in [5.41, 5.74) is 2.00. The van der Waals surface area contributed by atoms with Crippen LogP contribution < -0.4 is 5.32 Å². The van der Waals surface area contributed by atoms with E-state index in [1.165, 1.54) is 17.3 Å². The molecule has 1 amide bonds. The molecule has 0 saturated heterocycles. The molecule has 3 aromatic rings. The monoisotopic (exact) mass is 357 g/mol. The van der Waals surface area contributed by atoms with Crippen molar-refractivity contribution in [3.63, 3.8) is 0 Å². The SMILES string of the molecule is Cc1occc1-c1nnc(SCCC(=O)NCCc2ccccc2)o1. The van der Waals surface area contributed by atoms with Crippen molar-refractivity contribution >= 4 is 17.7 Å². The van der Waals surface area contributed by atoms with Crippen LogP contribution in [0.2, 0.25) is 0 Å². The van der Waals surface area contributed by atoms with Crippen LogP contribution in [0.25, 0.3) is 11.5 Å². The van der Waals surface area contributed by atoms with Crippen molar-refractivity contribution in [2.75, 3.05) is 12.3 Å². The van der Waals surface area contributed by atoms with Crippen molar-refractivity contribution in [1.82, 2.24) is 15.5 Å². The Kier molecular flexibility index (Phi) is 5.90. The van der Waals surface area contributed by atoms with Crippen molar-refractivity contribution in [3.8, 4) is 11.5 Å². The third-order valence-corrected chi connectivity index (χ3v) is 4.45. The number of aromatic nitrogens is 2. The van der Waals surface area contributed by atoms with E-state index in [9.17, 15) is 4.79 Å². The van der Waals surface area contributed by atoms with Gasteiger partial charge in [0.05, 0.1) is 11.8 Å². The maximum Gasteiger partial charge on any atom is 0.276 e. The highest BCUT2D eigenvalue weighted by molar-refractivity contribution is 7.99. The van der Waals surface area contributed by atoms with Crippen LogP contribution in [0.5, 0.6) is 0 Å². The first-order valence-electron chi connectivity index (χ1n) is 8.04. The smallest absolute Gasteiger partial charge is 0.276 e. The van der Waals surface area contributed by atoms with Crippen LogP contribution in [0.3, 0.4) is 0 Å². The number of carbonyl (C=O) groups is 1. The normalized spacial score (nSPS) is 10.8. The molecule has 6 nitrogen and oxygen atoms in total. The summed E-state index contributed by atoms with van der Waals surface area (Å²) in [6, 6.07) is 11.9. The second-order valence-electron chi connectivity index (χ2n) is 5.45. The lowest BCUT2D eigenvalue weighted by Gasteiger charge is -2.04. The Bertz CT molecular complexity index is 814. The van der Waals surface area contributed by atoms with E-state index in [1.54, 1.807) is 12.3 Å². The summed E-state index contributed by atoms with van der Waals surface area (Å²) in [7, 11) is 0. The number of furan rings is 1. The van der Waals surface area contributed by atoms with Gasteiger partial charge in [-0.05, 0) is 25.0 Å². The minimum absolute atomic E-state index is 0.0221. The predicted molar refractivity (Wildman–Crippen MR) is 95.2 cm³/mol. The summed E-state index contributed by atoms with van der Waals surface area (Å²) in [5, 5.41) is 11.4. The van der Waals surface area contributed by atoms with Crippen molar-refractivity contribution in [1.29, 1.82) is 0 Å². The van der Waals surface area contributed by atoms with Crippen LogP contribution in [0, 0.1) is 6.92 Å².